The van der Waals surface area contributed by atoms with Crippen molar-refractivity contribution in [2.24, 2.45) is 5.92 Å². The number of carbonyl (C=O) groups is 3. The lowest BCUT2D eigenvalue weighted by molar-refractivity contribution is -0.136. The van der Waals surface area contributed by atoms with Crippen molar-refractivity contribution in [3.8, 4) is 0 Å². The van der Waals surface area contributed by atoms with Gasteiger partial charge in [0.25, 0.3) is 5.91 Å². The summed E-state index contributed by atoms with van der Waals surface area (Å²) in [5.41, 5.74) is -0.128. The summed E-state index contributed by atoms with van der Waals surface area (Å²) in [6.45, 7) is 5.74. The minimum Gasteiger partial charge on any atom is -0.323 e. The third-order valence-corrected chi connectivity index (χ3v) is 5.48. The Morgan fingerprint density at radius 2 is 2.08 bits per heavy atom. The predicted molar refractivity (Wildman–Crippen MR) is 99.6 cm³/mol. The molecule has 138 valence electrons. The molecule has 1 aromatic rings. The molecule has 0 bridgehead atoms. The Labute approximate surface area is 153 Å². The number of rotatable bonds is 5. The highest BCUT2D eigenvalue weighted by molar-refractivity contribution is 6.10. The molecule has 0 aromatic heterocycles. The lowest BCUT2D eigenvalue weighted by Crippen LogP contribution is -2.54. The van der Waals surface area contributed by atoms with Gasteiger partial charge >= 0.3 is 6.03 Å². The molecular weight excluding hydrogens is 330 g/mol. The van der Waals surface area contributed by atoms with Crippen LogP contribution in [0.25, 0.3) is 0 Å². The molecule has 1 aliphatic carbocycles. The van der Waals surface area contributed by atoms with Crippen LogP contribution in [0.2, 0.25) is 0 Å². The quantitative estimate of drug-likeness (QED) is 0.652. The molecule has 1 N–H and O–H groups in total. The second-order valence-electron chi connectivity index (χ2n) is 7.07. The Morgan fingerprint density at radius 3 is 2.73 bits per heavy atom. The first-order valence-electron chi connectivity index (χ1n) is 9.10. The van der Waals surface area contributed by atoms with Gasteiger partial charge in [-0.1, -0.05) is 44.0 Å². The molecule has 1 aliphatic heterocycles. The first-order chi connectivity index (χ1) is 12.5. The van der Waals surface area contributed by atoms with Gasteiger partial charge in [0.15, 0.2) is 0 Å². The number of imide groups is 1. The highest BCUT2D eigenvalue weighted by Crippen LogP contribution is 2.38. The van der Waals surface area contributed by atoms with Crippen LogP contribution in [0, 0.1) is 5.92 Å². The topological polar surface area (TPSA) is 69.7 Å². The van der Waals surface area contributed by atoms with E-state index in [4.69, 9.17) is 0 Å². The van der Waals surface area contributed by atoms with Crippen LogP contribution in [-0.4, -0.2) is 41.4 Å². The highest BCUT2D eigenvalue weighted by atomic mass is 16.2. The number of anilines is 1. The number of hydrogen-bond donors (Lipinski definition) is 1. The molecule has 0 radical (unpaired) electrons. The summed E-state index contributed by atoms with van der Waals surface area (Å²) in [5.74, 6) is -0.499. The summed E-state index contributed by atoms with van der Waals surface area (Å²) in [4.78, 5) is 40.9. The van der Waals surface area contributed by atoms with Crippen LogP contribution < -0.4 is 10.2 Å². The zero-order valence-electron chi connectivity index (χ0n) is 15.1. The van der Waals surface area contributed by atoms with Crippen LogP contribution in [0.3, 0.4) is 0 Å². The van der Waals surface area contributed by atoms with Gasteiger partial charge in [-0.05, 0) is 30.9 Å². The van der Waals surface area contributed by atoms with Crippen molar-refractivity contribution in [1.82, 2.24) is 10.2 Å². The van der Waals surface area contributed by atoms with Crippen LogP contribution in [-0.2, 0) is 9.59 Å². The van der Waals surface area contributed by atoms with E-state index in [9.17, 15) is 14.4 Å². The lowest BCUT2D eigenvalue weighted by Gasteiger charge is -2.36. The van der Waals surface area contributed by atoms with Crippen LogP contribution in [0.1, 0.15) is 32.6 Å². The van der Waals surface area contributed by atoms with Crippen molar-refractivity contribution in [3.05, 3.63) is 43.0 Å². The maximum absolute atomic E-state index is 13.0. The molecule has 6 heteroatoms. The molecule has 1 aromatic carbocycles. The molecule has 4 amide bonds. The van der Waals surface area contributed by atoms with Crippen LogP contribution in [0.15, 0.2) is 43.0 Å². The molecule has 1 saturated carbocycles. The van der Waals surface area contributed by atoms with Gasteiger partial charge in [-0.25, -0.2) is 4.79 Å². The number of nitrogens with one attached hydrogen (secondary N) is 1. The normalized spacial score (nSPS) is 25.3. The minimum atomic E-state index is -0.842. The first kappa shape index (κ1) is 18.2. The number of para-hydroxylation sites is 1. The fraction of sp³-hybridized carbons (Fsp3) is 0.450. The van der Waals surface area contributed by atoms with Gasteiger partial charge in [-0.15, -0.1) is 6.58 Å². The molecule has 2 atom stereocenters. The SMILES string of the molecule is C=CCN(C(=O)CN1C(=O)NC2(CCCCC2C)C1=O)c1ccccc1. The van der Waals surface area contributed by atoms with Crippen molar-refractivity contribution in [1.29, 1.82) is 0 Å². The number of nitrogens with zero attached hydrogens (tertiary/aromatic N) is 2. The maximum Gasteiger partial charge on any atom is 0.325 e. The molecule has 26 heavy (non-hydrogen) atoms. The summed E-state index contributed by atoms with van der Waals surface area (Å²) in [6, 6.07) is 8.71. The Kier molecular flexibility index (Phi) is 5.11. The third-order valence-electron chi connectivity index (χ3n) is 5.48. The monoisotopic (exact) mass is 355 g/mol. The zero-order chi connectivity index (χ0) is 18.7. The van der Waals surface area contributed by atoms with Gasteiger partial charge in [0.05, 0.1) is 0 Å². The van der Waals surface area contributed by atoms with Crippen LogP contribution in [0.5, 0.6) is 0 Å². The average Bonchev–Trinajstić information content (AvgIpc) is 2.88. The fourth-order valence-electron chi connectivity index (χ4n) is 3.95. The van der Waals surface area contributed by atoms with E-state index >= 15 is 0 Å². The average molecular weight is 355 g/mol. The molecule has 1 saturated heterocycles. The Balaban J connectivity index is 1.79. The van der Waals surface area contributed by atoms with E-state index in [-0.39, 0.29) is 24.3 Å². The number of benzene rings is 1. The van der Waals surface area contributed by atoms with Crippen molar-refractivity contribution >= 4 is 23.5 Å². The lowest BCUT2D eigenvalue weighted by atomic mass is 9.73. The van der Waals surface area contributed by atoms with E-state index in [0.29, 0.717) is 18.7 Å². The Morgan fingerprint density at radius 1 is 1.35 bits per heavy atom. The molecule has 2 fully saturated rings. The van der Waals surface area contributed by atoms with Crippen molar-refractivity contribution < 1.29 is 14.4 Å². The van der Waals surface area contributed by atoms with Crippen molar-refractivity contribution in [2.45, 2.75) is 38.1 Å². The number of hydrogen-bond acceptors (Lipinski definition) is 3. The third kappa shape index (κ3) is 3.11. The van der Waals surface area contributed by atoms with Crippen molar-refractivity contribution in [2.75, 3.05) is 18.0 Å². The van der Waals surface area contributed by atoms with Gasteiger partial charge in [0.2, 0.25) is 5.91 Å². The van der Waals surface area contributed by atoms with E-state index in [1.165, 1.54) is 4.90 Å². The largest absolute Gasteiger partial charge is 0.325 e. The van der Waals surface area contributed by atoms with E-state index < -0.39 is 11.6 Å². The Hall–Kier alpha value is -2.63. The second-order valence-corrected chi connectivity index (χ2v) is 7.07. The van der Waals surface area contributed by atoms with Gasteiger partial charge in [0.1, 0.15) is 12.1 Å². The smallest absolute Gasteiger partial charge is 0.323 e. The van der Waals surface area contributed by atoms with E-state index in [1.807, 2.05) is 37.3 Å². The minimum absolute atomic E-state index is 0.0752. The molecule has 1 spiro atoms. The molecule has 3 rings (SSSR count). The summed E-state index contributed by atoms with van der Waals surface area (Å²) in [7, 11) is 0. The number of carbonyl (C=O) groups excluding carboxylic acids is 3. The van der Waals surface area contributed by atoms with Gasteiger partial charge in [-0.2, -0.15) is 0 Å². The van der Waals surface area contributed by atoms with E-state index in [0.717, 1.165) is 24.2 Å². The Bertz CT molecular complexity index is 718. The van der Waals surface area contributed by atoms with Crippen LogP contribution >= 0.6 is 0 Å². The van der Waals surface area contributed by atoms with Gasteiger partial charge in [0, 0.05) is 12.2 Å². The zero-order valence-corrected chi connectivity index (χ0v) is 15.1. The van der Waals surface area contributed by atoms with E-state index in [2.05, 4.69) is 11.9 Å². The second kappa shape index (κ2) is 7.32. The highest BCUT2D eigenvalue weighted by Gasteiger charge is 2.55. The number of amides is 4. The summed E-state index contributed by atoms with van der Waals surface area (Å²) in [6.07, 6.45) is 5.14. The van der Waals surface area contributed by atoms with Crippen LogP contribution in [0.4, 0.5) is 10.5 Å². The predicted octanol–water partition coefficient (Wildman–Crippen LogP) is 2.71. The number of urea groups is 1. The first-order valence-corrected chi connectivity index (χ1v) is 9.10. The van der Waals surface area contributed by atoms with Gasteiger partial charge < -0.3 is 10.2 Å². The molecule has 2 unspecified atom stereocenters. The standard InChI is InChI=1S/C20H25N3O3/c1-3-13-22(16-10-5-4-6-11-16)17(24)14-23-18(25)20(21-19(23)26)12-8-7-9-15(20)2/h3-6,10-11,15H,1,7-9,12-14H2,2H3,(H,21,26). The maximum atomic E-state index is 13.0. The summed E-state index contributed by atoms with van der Waals surface area (Å²) < 4.78 is 0. The molecular formula is C20H25N3O3. The molecule has 6 nitrogen and oxygen atoms in total. The molecule has 1 heterocycles. The summed E-state index contributed by atoms with van der Waals surface area (Å²) in [5, 5.41) is 2.88. The van der Waals surface area contributed by atoms with Gasteiger partial charge in [-0.3, -0.25) is 14.5 Å². The van der Waals surface area contributed by atoms with Crippen molar-refractivity contribution in [3.63, 3.8) is 0 Å². The fourth-order valence-corrected chi connectivity index (χ4v) is 3.95. The summed E-state index contributed by atoms with van der Waals surface area (Å²) >= 11 is 0. The molecule has 2 aliphatic rings. The van der Waals surface area contributed by atoms with E-state index in [1.54, 1.807) is 6.08 Å².